The number of aliphatic hydroxyl groups is 2. The van der Waals surface area contributed by atoms with Crippen LogP contribution in [0.5, 0.6) is 0 Å². The average molecular weight is 464 g/mol. The van der Waals surface area contributed by atoms with Gasteiger partial charge in [-0.15, -0.1) is 0 Å². The summed E-state index contributed by atoms with van der Waals surface area (Å²) in [6, 6.07) is 3.82. The Bertz CT molecular complexity index is 921. The normalized spacial score (nSPS) is 17.3. The molecule has 0 spiro atoms. The van der Waals surface area contributed by atoms with Gasteiger partial charge in [-0.1, -0.05) is 6.92 Å². The Hall–Kier alpha value is -3.07. The highest BCUT2D eigenvalue weighted by Crippen LogP contribution is 2.33. The number of esters is 1. The average Bonchev–Trinajstić information content (AvgIpc) is 3.42. The van der Waals surface area contributed by atoms with Crippen LogP contribution in [0, 0.1) is 17.2 Å². The minimum absolute atomic E-state index is 0.0348. The lowest BCUT2D eigenvalue weighted by Crippen LogP contribution is -2.23. The molecule has 0 radical (unpaired) electrons. The number of rotatable bonds is 6. The summed E-state index contributed by atoms with van der Waals surface area (Å²) in [7, 11) is 0. The Kier molecular flexibility index (Phi) is 11.4. The van der Waals surface area contributed by atoms with E-state index in [-0.39, 0.29) is 30.7 Å². The van der Waals surface area contributed by atoms with Crippen LogP contribution in [0.3, 0.4) is 0 Å². The van der Waals surface area contributed by atoms with Gasteiger partial charge in [-0.3, -0.25) is 9.59 Å². The van der Waals surface area contributed by atoms with Gasteiger partial charge in [-0.05, 0) is 52.2 Å². The molecule has 0 aromatic carbocycles. The summed E-state index contributed by atoms with van der Waals surface area (Å²) >= 11 is 0. The molecular formula is C22H33N5O6. The fourth-order valence-corrected chi connectivity index (χ4v) is 3.05. The second kappa shape index (κ2) is 13.5. The molecule has 33 heavy (non-hydrogen) atoms. The molecule has 1 saturated heterocycles. The lowest BCUT2D eigenvalue weighted by molar-refractivity contribution is -0.161. The summed E-state index contributed by atoms with van der Waals surface area (Å²) in [4.78, 5) is 26.6. The number of nitrogens with one attached hydrogen (secondary N) is 1. The number of nitrogens with zero attached hydrogens (tertiary/aromatic N) is 4. The Balaban J connectivity index is 0.000000420. The van der Waals surface area contributed by atoms with Crippen molar-refractivity contribution in [3.63, 3.8) is 0 Å². The standard InChI is InChI=1S/C15H20N4O3.C6H12O3.CHN/c1-2-3-14(21)18-15-12-6-5-11(19(12)17-9-16-15)13-7-4-10(8-20)22-13;1-6(2,3)5(8)9-4-7;1-2/h5-6,9-10,13,20H,2-4,7-8H2,1H3,(H,16,17,18,21);7H,4H2,1-3H3;1H. The predicted molar refractivity (Wildman–Crippen MR) is 120 cm³/mol. The molecule has 0 bridgehead atoms. The molecule has 2 aromatic rings. The first-order valence-corrected chi connectivity index (χ1v) is 10.6. The van der Waals surface area contributed by atoms with Gasteiger partial charge in [-0.2, -0.15) is 5.10 Å². The van der Waals surface area contributed by atoms with Crippen LogP contribution in [-0.2, 0) is 19.1 Å². The Morgan fingerprint density at radius 3 is 2.52 bits per heavy atom. The predicted octanol–water partition coefficient (Wildman–Crippen LogP) is 2.35. The monoisotopic (exact) mass is 463 g/mol. The first-order chi connectivity index (χ1) is 15.7. The summed E-state index contributed by atoms with van der Waals surface area (Å²) in [6.45, 7) is 10.1. The van der Waals surface area contributed by atoms with Gasteiger partial charge in [0.1, 0.15) is 17.9 Å². The number of carbonyl (C=O) groups excluding carboxylic acids is 2. The van der Waals surface area contributed by atoms with Crippen molar-refractivity contribution >= 4 is 23.2 Å². The van der Waals surface area contributed by atoms with E-state index in [9.17, 15) is 14.7 Å². The molecule has 2 aromatic heterocycles. The third kappa shape index (κ3) is 8.09. The van der Waals surface area contributed by atoms with Crippen LogP contribution in [-0.4, -0.2) is 56.2 Å². The first kappa shape index (κ1) is 28.0. The number of nitriles is 1. The highest BCUT2D eigenvalue weighted by molar-refractivity contribution is 5.93. The highest BCUT2D eigenvalue weighted by Gasteiger charge is 2.28. The van der Waals surface area contributed by atoms with Crippen LogP contribution < -0.4 is 5.32 Å². The third-order valence-corrected chi connectivity index (χ3v) is 4.67. The Morgan fingerprint density at radius 2 is 2.00 bits per heavy atom. The molecule has 1 aliphatic heterocycles. The lowest BCUT2D eigenvalue weighted by atomic mass is 9.98. The summed E-state index contributed by atoms with van der Waals surface area (Å²) in [5, 5.41) is 30.9. The van der Waals surface area contributed by atoms with Crippen LogP contribution in [0.4, 0.5) is 5.82 Å². The van der Waals surface area contributed by atoms with E-state index >= 15 is 0 Å². The number of amides is 1. The van der Waals surface area contributed by atoms with E-state index in [4.69, 9.17) is 15.1 Å². The van der Waals surface area contributed by atoms with E-state index in [1.54, 1.807) is 25.3 Å². The van der Waals surface area contributed by atoms with E-state index in [0.29, 0.717) is 12.2 Å². The third-order valence-electron chi connectivity index (χ3n) is 4.67. The molecule has 3 heterocycles. The van der Waals surface area contributed by atoms with Gasteiger partial charge in [-0.25, -0.2) is 14.8 Å². The van der Waals surface area contributed by atoms with Gasteiger partial charge >= 0.3 is 5.97 Å². The first-order valence-electron chi connectivity index (χ1n) is 10.6. The van der Waals surface area contributed by atoms with E-state index in [2.05, 4.69) is 26.7 Å². The molecule has 2 unspecified atom stereocenters. The number of carbonyl (C=O) groups is 2. The topological polar surface area (TPSA) is 159 Å². The van der Waals surface area contributed by atoms with Crippen molar-refractivity contribution < 1.29 is 29.3 Å². The van der Waals surface area contributed by atoms with Crippen molar-refractivity contribution in [2.45, 2.75) is 65.6 Å². The number of aliphatic hydroxyl groups excluding tert-OH is 2. The SMILES string of the molecule is C#N.CC(C)(C)C(=O)OCO.CCCC(=O)Nc1ncnn2c(C3CCC(CO)O3)ccc12. The summed E-state index contributed by atoms with van der Waals surface area (Å²) in [6.07, 6.45) is 4.16. The van der Waals surface area contributed by atoms with Crippen molar-refractivity contribution in [3.8, 4) is 6.57 Å². The second-order valence-electron chi connectivity index (χ2n) is 8.28. The molecule has 11 nitrogen and oxygen atoms in total. The lowest BCUT2D eigenvalue weighted by Gasteiger charge is -2.14. The molecule has 3 rings (SSSR count). The molecule has 1 amide bonds. The van der Waals surface area contributed by atoms with Gasteiger partial charge < -0.3 is 25.0 Å². The van der Waals surface area contributed by atoms with Gasteiger partial charge in [0.2, 0.25) is 5.91 Å². The number of fused-ring (bicyclic) bond motifs is 1. The molecule has 182 valence electrons. The summed E-state index contributed by atoms with van der Waals surface area (Å²) in [5.74, 6) is 0.0738. The fraction of sp³-hybridized carbons (Fsp3) is 0.591. The van der Waals surface area contributed by atoms with Crippen molar-refractivity contribution in [2.24, 2.45) is 5.41 Å². The number of hydrogen-bond donors (Lipinski definition) is 3. The van der Waals surface area contributed by atoms with Crippen LogP contribution in [0.1, 0.15) is 65.2 Å². The van der Waals surface area contributed by atoms with Crippen LogP contribution >= 0.6 is 0 Å². The molecule has 1 fully saturated rings. The maximum atomic E-state index is 11.8. The maximum absolute atomic E-state index is 11.8. The van der Waals surface area contributed by atoms with Gasteiger partial charge in [0.15, 0.2) is 12.6 Å². The summed E-state index contributed by atoms with van der Waals surface area (Å²) < 4.78 is 11.9. The van der Waals surface area contributed by atoms with E-state index in [1.165, 1.54) is 6.33 Å². The fourth-order valence-electron chi connectivity index (χ4n) is 3.05. The van der Waals surface area contributed by atoms with Crippen LogP contribution in [0.2, 0.25) is 0 Å². The van der Waals surface area contributed by atoms with Crippen molar-refractivity contribution in [1.29, 1.82) is 5.26 Å². The molecule has 0 saturated carbocycles. The molecule has 2 atom stereocenters. The quantitative estimate of drug-likeness (QED) is 0.431. The molecule has 11 heteroatoms. The highest BCUT2D eigenvalue weighted by atomic mass is 16.6. The smallest absolute Gasteiger partial charge is 0.313 e. The second-order valence-corrected chi connectivity index (χ2v) is 8.28. The number of hydrogen-bond acceptors (Lipinski definition) is 9. The van der Waals surface area contributed by atoms with E-state index < -0.39 is 12.2 Å². The zero-order valence-corrected chi connectivity index (χ0v) is 19.5. The van der Waals surface area contributed by atoms with Gasteiger partial charge in [0.05, 0.1) is 23.8 Å². The van der Waals surface area contributed by atoms with E-state index in [0.717, 1.165) is 30.5 Å². The Labute approximate surface area is 193 Å². The zero-order chi connectivity index (χ0) is 25.0. The minimum Gasteiger partial charge on any atom is -0.438 e. The summed E-state index contributed by atoms with van der Waals surface area (Å²) in [5.41, 5.74) is 1.15. The van der Waals surface area contributed by atoms with E-state index in [1.807, 2.05) is 19.1 Å². The van der Waals surface area contributed by atoms with Crippen LogP contribution in [0.25, 0.3) is 5.52 Å². The largest absolute Gasteiger partial charge is 0.438 e. The van der Waals surface area contributed by atoms with Gasteiger partial charge in [0, 0.05) is 13.0 Å². The molecule has 0 aliphatic carbocycles. The van der Waals surface area contributed by atoms with Crippen molar-refractivity contribution in [2.75, 3.05) is 18.7 Å². The Morgan fingerprint density at radius 1 is 1.30 bits per heavy atom. The zero-order valence-electron chi connectivity index (χ0n) is 19.5. The molecule has 1 aliphatic rings. The van der Waals surface area contributed by atoms with Crippen molar-refractivity contribution in [1.82, 2.24) is 14.6 Å². The molecule has 3 N–H and O–H groups in total. The number of aromatic nitrogens is 3. The minimum atomic E-state index is -0.532. The van der Waals surface area contributed by atoms with Crippen molar-refractivity contribution in [3.05, 3.63) is 24.2 Å². The molecular weight excluding hydrogens is 430 g/mol. The maximum Gasteiger partial charge on any atom is 0.313 e. The number of anilines is 1. The van der Waals surface area contributed by atoms with Gasteiger partial charge in [0.25, 0.3) is 0 Å². The van der Waals surface area contributed by atoms with Crippen LogP contribution in [0.15, 0.2) is 18.5 Å². The number of ether oxygens (including phenoxy) is 2.